The number of hydrogen-bond donors (Lipinski definition) is 0. The van der Waals surface area contributed by atoms with Crippen molar-refractivity contribution < 1.29 is 9.31 Å². The Balaban J connectivity index is 3.56. The van der Waals surface area contributed by atoms with Crippen molar-refractivity contribution in [2.45, 2.75) is 0 Å². The summed E-state index contributed by atoms with van der Waals surface area (Å²) < 4.78 is 13.0. The third-order valence-corrected chi connectivity index (χ3v) is 2.32. The zero-order valence-corrected chi connectivity index (χ0v) is 8.12. The first-order valence-corrected chi connectivity index (χ1v) is 4.06. The summed E-state index contributed by atoms with van der Waals surface area (Å²) in [7, 11) is 0. The van der Waals surface area contributed by atoms with Crippen LogP contribution in [0, 0.1) is 15.9 Å². The SMILES string of the molecule is O=[N+]([O-])c1c(F)c(Cl)cc(Cl)c1Cl. The monoisotopic (exact) mass is 243 g/mol. The van der Waals surface area contributed by atoms with Crippen molar-refractivity contribution in [3.63, 3.8) is 0 Å². The lowest BCUT2D eigenvalue weighted by atomic mass is 10.3. The first kappa shape index (κ1) is 10.5. The fourth-order valence-electron chi connectivity index (χ4n) is 0.721. The topological polar surface area (TPSA) is 43.1 Å². The zero-order valence-electron chi connectivity index (χ0n) is 5.85. The number of nitro groups is 1. The number of rotatable bonds is 1. The van der Waals surface area contributed by atoms with Crippen LogP contribution in [0.5, 0.6) is 0 Å². The fraction of sp³-hybridized carbons (Fsp3) is 0. The van der Waals surface area contributed by atoms with Crippen LogP contribution in [0.25, 0.3) is 0 Å². The van der Waals surface area contributed by atoms with E-state index in [9.17, 15) is 14.5 Å². The summed E-state index contributed by atoms with van der Waals surface area (Å²) in [6.45, 7) is 0. The van der Waals surface area contributed by atoms with Gasteiger partial charge < -0.3 is 0 Å². The maximum absolute atomic E-state index is 13.0. The van der Waals surface area contributed by atoms with Gasteiger partial charge in [0.2, 0.25) is 5.82 Å². The Kier molecular flexibility index (Phi) is 2.95. The van der Waals surface area contributed by atoms with Crippen molar-refractivity contribution in [1.29, 1.82) is 0 Å². The van der Waals surface area contributed by atoms with E-state index in [1.807, 2.05) is 0 Å². The molecular weight excluding hydrogens is 243 g/mol. The van der Waals surface area contributed by atoms with Gasteiger partial charge in [0.05, 0.1) is 15.0 Å². The van der Waals surface area contributed by atoms with Gasteiger partial charge in [-0.3, -0.25) is 10.1 Å². The zero-order chi connectivity index (χ0) is 10.2. The molecule has 3 nitrogen and oxygen atoms in total. The van der Waals surface area contributed by atoms with Crippen LogP contribution in [0.2, 0.25) is 15.1 Å². The Labute approximate surface area is 87.2 Å². The van der Waals surface area contributed by atoms with Crippen LogP contribution in [0.1, 0.15) is 0 Å². The normalized spacial score (nSPS) is 10.2. The average molecular weight is 244 g/mol. The largest absolute Gasteiger partial charge is 0.326 e. The maximum atomic E-state index is 13.0. The number of nitrogens with zero attached hydrogens (tertiary/aromatic N) is 1. The Morgan fingerprint density at radius 3 is 2.31 bits per heavy atom. The lowest BCUT2D eigenvalue weighted by Crippen LogP contribution is -1.94. The Bertz CT molecular complexity index is 356. The summed E-state index contributed by atoms with van der Waals surface area (Å²) in [5.74, 6) is -1.18. The number of halogens is 4. The van der Waals surface area contributed by atoms with Crippen molar-refractivity contribution in [3.8, 4) is 0 Å². The molecule has 0 radical (unpaired) electrons. The molecule has 0 aliphatic carbocycles. The molecule has 7 heteroatoms. The van der Waals surface area contributed by atoms with E-state index in [-0.39, 0.29) is 5.02 Å². The summed E-state index contributed by atoms with van der Waals surface area (Å²) >= 11 is 16.2. The van der Waals surface area contributed by atoms with Gasteiger partial charge in [0.25, 0.3) is 0 Å². The summed E-state index contributed by atoms with van der Waals surface area (Å²) in [5, 5.41) is 9.28. The van der Waals surface area contributed by atoms with E-state index in [4.69, 9.17) is 34.8 Å². The molecule has 0 atom stereocenters. The molecule has 0 saturated heterocycles. The summed E-state index contributed by atoms with van der Waals surface area (Å²) in [6.07, 6.45) is 0. The van der Waals surface area contributed by atoms with Crippen molar-refractivity contribution in [1.82, 2.24) is 0 Å². The molecule has 0 spiro atoms. The molecule has 1 rings (SSSR count). The lowest BCUT2D eigenvalue weighted by molar-refractivity contribution is -0.387. The van der Waals surface area contributed by atoms with Gasteiger partial charge >= 0.3 is 5.69 Å². The van der Waals surface area contributed by atoms with Gasteiger partial charge in [-0.2, -0.15) is 4.39 Å². The molecule has 0 aliphatic heterocycles. The van der Waals surface area contributed by atoms with Gasteiger partial charge in [0.1, 0.15) is 5.02 Å². The highest BCUT2D eigenvalue weighted by Crippen LogP contribution is 2.37. The third-order valence-electron chi connectivity index (χ3n) is 1.27. The van der Waals surface area contributed by atoms with Gasteiger partial charge in [0.15, 0.2) is 0 Å². The second-order valence-electron chi connectivity index (χ2n) is 2.07. The molecule has 1 aromatic rings. The molecule has 0 unspecified atom stereocenters. The second-order valence-corrected chi connectivity index (χ2v) is 3.27. The van der Waals surface area contributed by atoms with Crippen LogP contribution in [0.15, 0.2) is 6.07 Å². The van der Waals surface area contributed by atoms with E-state index in [1.165, 1.54) is 0 Å². The van der Waals surface area contributed by atoms with Crippen molar-refractivity contribution in [2.24, 2.45) is 0 Å². The minimum Gasteiger partial charge on any atom is -0.258 e. The molecule has 0 saturated carbocycles. The van der Waals surface area contributed by atoms with Gasteiger partial charge in [0, 0.05) is 0 Å². The van der Waals surface area contributed by atoms with E-state index >= 15 is 0 Å². The van der Waals surface area contributed by atoms with Crippen LogP contribution < -0.4 is 0 Å². The molecule has 0 aliphatic rings. The summed E-state index contributed by atoms with van der Waals surface area (Å²) in [6, 6.07) is 1.01. The van der Waals surface area contributed by atoms with Crippen LogP contribution in [0.4, 0.5) is 10.1 Å². The second kappa shape index (κ2) is 3.65. The number of hydrogen-bond acceptors (Lipinski definition) is 2. The minimum atomic E-state index is -1.18. The third kappa shape index (κ3) is 1.85. The molecule has 13 heavy (non-hydrogen) atoms. The average Bonchev–Trinajstić information content (AvgIpc) is 2.01. The molecule has 1 aromatic carbocycles. The van der Waals surface area contributed by atoms with E-state index < -0.39 is 26.5 Å². The van der Waals surface area contributed by atoms with Crippen LogP contribution in [0.3, 0.4) is 0 Å². The van der Waals surface area contributed by atoms with Gasteiger partial charge in [-0.25, -0.2) is 0 Å². The fourth-order valence-corrected chi connectivity index (χ4v) is 1.38. The summed E-state index contributed by atoms with van der Waals surface area (Å²) in [4.78, 5) is 9.33. The summed E-state index contributed by atoms with van der Waals surface area (Å²) in [5.41, 5.74) is -0.904. The maximum Gasteiger partial charge on any atom is 0.326 e. The van der Waals surface area contributed by atoms with Crippen molar-refractivity contribution in [3.05, 3.63) is 37.1 Å². The van der Waals surface area contributed by atoms with Crippen LogP contribution >= 0.6 is 34.8 Å². The Morgan fingerprint density at radius 1 is 1.31 bits per heavy atom. The Hall–Kier alpha value is -0.580. The highest BCUT2D eigenvalue weighted by atomic mass is 35.5. The number of benzene rings is 1. The van der Waals surface area contributed by atoms with Crippen LogP contribution in [-0.2, 0) is 0 Å². The van der Waals surface area contributed by atoms with E-state index in [0.29, 0.717) is 0 Å². The molecule has 70 valence electrons. The standard InChI is InChI=1S/C6HCl3FNO2/c7-2-1-3(8)5(10)6(4(2)9)11(12)13/h1H. The molecule has 0 N–H and O–H groups in total. The molecule has 0 aromatic heterocycles. The Morgan fingerprint density at radius 2 is 1.85 bits per heavy atom. The molecular formula is C6HCl3FNO2. The predicted molar refractivity (Wildman–Crippen MR) is 48.1 cm³/mol. The molecule has 0 amide bonds. The van der Waals surface area contributed by atoms with Crippen molar-refractivity contribution >= 4 is 40.5 Å². The van der Waals surface area contributed by atoms with Crippen LogP contribution in [-0.4, -0.2) is 4.92 Å². The highest BCUT2D eigenvalue weighted by molar-refractivity contribution is 6.44. The first-order valence-electron chi connectivity index (χ1n) is 2.92. The van der Waals surface area contributed by atoms with E-state index in [0.717, 1.165) is 6.07 Å². The van der Waals surface area contributed by atoms with E-state index in [2.05, 4.69) is 0 Å². The minimum absolute atomic E-state index is 0.153. The van der Waals surface area contributed by atoms with Crippen molar-refractivity contribution in [2.75, 3.05) is 0 Å². The quantitative estimate of drug-likeness (QED) is 0.429. The number of nitro benzene ring substituents is 1. The van der Waals surface area contributed by atoms with E-state index in [1.54, 1.807) is 0 Å². The lowest BCUT2D eigenvalue weighted by Gasteiger charge is -2.00. The van der Waals surface area contributed by atoms with Gasteiger partial charge in [-0.15, -0.1) is 0 Å². The highest BCUT2D eigenvalue weighted by Gasteiger charge is 2.24. The molecule has 0 fully saturated rings. The first-order chi connectivity index (χ1) is 5.95. The smallest absolute Gasteiger partial charge is 0.258 e. The molecule has 0 bridgehead atoms. The predicted octanol–water partition coefficient (Wildman–Crippen LogP) is 3.69. The van der Waals surface area contributed by atoms with Gasteiger partial charge in [-0.05, 0) is 6.07 Å². The van der Waals surface area contributed by atoms with Gasteiger partial charge in [-0.1, -0.05) is 34.8 Å². The molecule has 0 heterocycles.